The Morgan fingerprint density at radius 2 is 1.14 bits per heavy atom. The highest BCUT2D eigenvalue weighted by molar-refractivity contribution is 6.15. The van der Waals surface area contributed by atoms with Crippen molar-refractivity contribution in [3.05, 3.63) is 170 Å². The van der Waals surface area contributed by atoms with E-state index in [0.29, 0.717) is 28.1 Å². The summed E-state index contributed by atoms with van der Waals surface area (Å²) in [7, 11) is 0. The third kappa shape index (κ3) is 4.60. The first-order valence-corrected chi connectivity index (χ1v) is 16.0. The zero-order valence-electron chi connectivity index (χ0n) is 35.2. The Morgan fingerprint density at radius 3 is 2.00 bits per heavy atom. The minimum Gasteiger partial charge on any atom is -0.456 e. The van der Waals surface area contributed by atoms with Gasteiger partial charge in [0.1, 0.15) is 11.2 Å². The number of rotatable bonds is 5. The van der Waals surface area contributed by atoms with Gasteiger partial charge < -0.3 is 4.42 Å². The molecule has 0 spiro atoms. The van der Waals surface area contributed by atoms with Crippen LogP contribution in [0.3, 0.4) is 0 Å². The summed E-state index contributed by atoms with van der Waals surface area (Å²) < 4.78 is 86.2. The lowest BCUT2D eigenvalue weighted by atomic mass is 9.99. The van der Waals surface area contributed by atoms with Gasteiger partial charge in [-0.3, -0.25) is 4.57 Å². The molecule has 3 heterocycles. The molecule has 0 amide bonds. The van der Waals surface area contributed by atoms with Crippen LogP contribution in [0.4, 0.5) is 0 Å². The fraction of sp³-hybridized carbons (Fsp3) is 0. The second-order valence-electron chi connectivity index (χ2n) is 11.8. The van der Waals surface area contributed by atoms with Gasteiger partial charge in [-0.15, -0.1) is 0 Å². The first-order valence-electron chi connectivity index (χ1n) is 20.5. The minimum atomic E-state index is -0.552. The second-order valence-corrected chi connectivity index (χ2v) is 11.8. The van der Waals surface area contributed by atoms with E-state index in [4.69, 9.17) is 29.0 Å². The Hall–Kier alpha value is -6.85. The van der Waals surface area contributed by atoms with Gasteiger partial charge in [-0.05, 0) is 58.6 Å². The Bertz CT molecular complexity index is 3350. The second kappa shape index (κ2) is 11.4. The molecule has 0 saturated heterocycles. The van der Waals surface area contributed by atoms with Crippen LogP contribution in [-0.4, -0.2) is 19.5 Å². The molecule has 0 radical (unpaired) electrons. The molecule has 50 heavy (non-hydrogen) atoms. The molecule has 5 heteroatoms. The van der Waals surface area contributed by atoms with E-state index in [1.807, 2.05) is 97.1 Å². The highest BCUT2D eigenvalue weighted by atomic mass is 16.3. The van der Waals surface area contributed by atoms with Crippen molar-refractivity contribution < 1.29 is 16.8 Å². The van der Waals surface area contributed by atoms with Gasteiger partial charge in [0.25, 0.3) is 0 Å². The Labute approximate surface area is 300 Å². The van der Waals surface area contributed by atoms with E-state index in [1.165, 1.54) is 0 Å². The largest absolute Gasteiger partial charge is 0.456 e. The fourth-order valence-electron chi connectivity index (χ4n) is 6.60. The average Bonchev–Trinajstić information content (AvgIpc) is 3.83. The number of aromatic nitrogens is 4. The third-order valence-electron chi connectivity index (χ3n) is 8.90. The molecule has 0 N–H and O–H groups in total. The smallest absolute Gasteiger partial charge is 0.238 e. The molecule has 0 atom stereocenters. The maximum absolute atomic E-state index is 9.24. The van der Waals surface area contributed by atoms with Crippen LogP contribution in [0.15, 0.2) is 174 Å². The lowest BCUT2D eigenvalue weighted by Gasteiger charge is -2.12. The summed E-state index contributed by atoms with van der Waals surface area (Å²) in [6.07, 6.45) is 0. The van der Waals surface area contributed by atoms with Crippen molar-refractivity contribution >= 4 is 43.7 Å². The number of fused-ring (bicyclic) bond motifs is 6. The predicted molar refractivity (Wildman–Crippen MR) is 203 cm³/mol. The lowest BCUT2D eigenvalue weighted by molar-refractivity contribution is 0.669. The van der Waals surface area contributed by atoms with Gasteiger partial charge in [0.15, 0.2) is 11.6 Å². The van der Waals surface area contributed by atoms with Gasteiger partial charge in [0.05, 0.1) is 23.4 Å². The van der Waals surface area contributed by atoms with E-state index >= 15 is 0 Å². The Kier molecular flexibility index (Phi) is 4.67. The van der Waals surface area contributed by atoms with Gasteiger partial charge in [-0.25, -0.2) is 4.98 Å². The van der Waals surface area contributed by atoms with Crippen molar-refractivity contribution in [2.75, 3.05) is 0 Å². The molecule has 10 rings (SSSR count). The maximum atomic E-state index is 9.24. The van der Waals surface area contributed by atoms with E-state index in [2.05, 4.69) is 0 Å². The quantitative estimate of drug-likeness (QED) is 0.186. The summed E-state index contributed by atoms with van der Waals surface area (Å²) in [6, 6.07) is 31.8. The molecule has 5 nitrogen and oxygen atoms in total. The van der Waals surface area contributed by atoms with Crippen LogP contribution >= 0.6 is 0 Å². The average molecular weight is 650 g/mol. The zero-order chi connectivity index (χ0) is 40.9. The van der Waals surface area contributed by atoms with E-state index in [0.717, 1.165) is 27.5 Å². The zero-order valence-corrected chi connectivity index (χ0v) is 26.2. The molecule has 10 aromatic rings. The maximum Gasteiger partial charge on any atom is 0.238 e. The normalized spacial score (nSPS) is 14.1. The molecule has 7 aromatic carbocycles. The number of hydrogen-bond acceptors (Lipinski definition) is 4. The van der Waals surface area contributed by atoms with Crippen LogP contribution in [-0.2, 0) is 0 Å². The highest BCUT2D eigenvalue weighted by Crippen LogP contribution is 2.39. The van der Waals surface area contributed by atoms with Crippen molar-refractivity contribution in [2.24, 2.45) is 0 Å². The molecule has 3 aromatic heterocycles. The van der Waals surface area contributed by atoms with Gasteiger partial charge in [-0.1, -0.05) is 133 Å². The van der Waals surface area contributed by atoms with Crippen molar-refractivity contribution in [1.29, 1.82) is 0 Å². The summed E-state index contributed by atoms with van der Waals surface area (Å²) in [4.78, 5) is 15.0. The van der Waals surface area contributed by atoms with Gasteiger partial charge in [0, 0.05) is 32.7 Å². The summed E-state index contributed by atoms with van der Waals surface area (Å²) >= 11 is 0. The molecule has 0 aliphatic rings. The lowest BCUT2D eigenvalue weighted by Crippen LogP contribution is -2.06. The fourth-order valence-corrected chi connectivity index (χ4v) is 6.60. The van der Waals surface area contributed by atoms with Crippen LogP contribution in [0.1, 0.15) is 12.3 Å². The van der Waals surface area contributed by atoms with Crippen LogP contribution < -0.4 is 0 Å². The molecule has 234 valence electrons. The predicted octanol–water partition coefficient (Wildman–Crippen LogP) is 11.5. The number of furan rings is 1. The molecule has 0 unspecified atom stereocenters. The van der Waals surface area contributed by atoms with Crippen LogP contribution in [0.25, 0.3) is 94.7 Å². The molecule has 0 fully saturated rings. The first-order chi connectivity index (χ1) is 28.5. The summed E-state index contributed by atoms with van der Waals surface area (Å²) in [6.45, 7) is 0. The van der Waals surface area contributed by atoms with Crippen molar-refractivity contribution in [3.8, 4) is 51.0 Å². The standard InChI is InChI=1S/C45H28N4O/c1-3-12-29(13-4-1)30-22-24-32(25-23-30)43-46-44(33-26-27-41-37(28-33)35-16-8-10-21-40(35)50-41)48-45(47-43)49-38-19-9-7-17-36(38)42-34(18-11-20-39(42)49)31-14-5-2-6-15-31/h1-28H/i2D,5D,6D,7D,9D,14D,15D,17D,19D. The van der Waals surface area contributed by atoms with Crippen molar-refractivity contribution in [1.82, 2.24) is 19.5 Å². The molecular weight excluding hydrogens is 613 g/mol. The molecule has 0 aliphatic carbocycles. The topological polar surface area (TPSA) is 56.7 Å². The van der Waals surface area contributed by atoms with E-state index in [9.17, 15) is 2.74 Å². The molecule has 0 bridgehead atoms. The van der Waals surface area contributed by atoms with Crippen LogP contribution in [0.5, 0.6) is 0 Å². The number of benzene rings is 7. The molecule has 0 aliphatic heterocycles. The van der Waals surface area contributed by atoms with E-state index in [1.54, 1.807) is 22.8 Å². The van der Waals surface area contributed by atoms with E-state index < -0.39 is 42.3 Å². The van der Waals surface area contributed by atoms with Crippen molar-refractivity contribution in [3.63, 3.8) is 0 Å². The van der Waals surface area contributed by atoms with Crippen LogP contribution in [0, 0.1) is 0 Å². The molecular formula is C45H28N4O. The summed E-state index contributed by atoms with van der Waals surface area (Å²) in [5.74, 6) is 0.610. The third-order valence-corrected chi connectivity index (χ3v) is 8.90. The summed E-state index contributed by atoms with van der Waals surface area (Å²) in [5.41, 5.74) is 5.18. The summed E-state index contributed by atoms with van der Waals surface area (Å²) in [5, 5.41) is 2.09. The van der Waals surface area contributed by atoms with E-state index in [-0.39, 0.29) is 51.3 Å². The highest BCUT2D eigenvalue weighted by Gasteiger charge is 2.20. The minimum absolute atomic E-state index is 0.0394. The SMILES string of the molecule is [2H]c1c([2H])c([2H])c(-c2cccc3c2c2c([2H])c([2H])c([2H])c([2H])c2n3-c2nc(-c3ccc(-c4ccccc4)cc3)nc(-c3ccc4oc5ccccc5c4c3)n2)c([2H])c1[2H]. The Balaban J connectivity index is 1.30. The first kappa shape index (κ1) is 20.5. The Morgan fingerprint density at radius 1 is 0.460 bits per heavy atom. The number of hydrogen-bond donors (Lipinski definition) is 0. The van der Waals surface area contributed by atoms with Gasteiger partial charge in [0.2, 0.25) is 5.95 Å². The monoisotopic (exact) mass is 649 g/mol. The van der Waals surface area contributed by atoms with Crippen molar-refractivity contribution in [2.45, 2.75) is 0 Å². The van der Waals surface area contributed by atoms with Gasteiger partial charge in [-0.2, -0.15) is 9.97 Å². The van der Waals surface area contributed by atoms with Gasteiger partial charge >= 0.3 is 0 Å². The number of para-hydroxylation sites is 2. The number of nitrogens with zero attached hydrogens (tertiary/aromatic N) is 4. The molecule has 0 saturated carbocycles. The van der Waals surface area contributed by atoms with Crippen LogP contribution in [0.2, 0.25) is 0 Å².